The second kappa shape index (κ2) is 7.96. The van der Waals surface area contributed by atoms with Crippen LogP contribution in [-0.2, 0) is 35.5 Å². The number of nitrogens with zero attached hydrogens (tertiary/aromatic N) is 6. The maximum absolute atomic E-state index is 13.0. The molecule has 0 spiro atoms. The molecule has 0 N–H and O–H groups in total. The van der Waals surface area contributed by atoms with Crippen LogP contribution in [0.25, 0.3) is 0 Å². The number of sulfonamides is 1. The highest BCUT2D eigenvalue weighted by atomic mass is 79.9. The van der Waals surface area contributed by atoms with E-state index >= 15 is 0 Å². The van der Waals surface area contributed by atoms with E-state index in [4.69, 9.17) is 0 Å². The third kappa shape index (κ3) is 3.87. The number of carbonyl (C=O) groups excluding carboxylic acids is 1. The first kappa shape index (κ1) is 21.0. The highest BCUT2D eigenvalue weighted by Gasteiger charge is 2.36. The summed E-state index contributed by atoms with van der Waals surface area (Å²) in [6, 6.07) is 0. The van der Waals surface area contributed by atoms with E-state index in [1.807, 2.05) is 7.05 Å². The summed E-state index contributed by atoms with van der Waals surface area (Å²) < 4.78 is 31.6. The van der Waals surface area contributed by atoms with Crippen molar-refractivity contribution in [3.05, 3.63) is 28.3 Å². The van der Waals surface area contributed by atoms with Crippen molar-refractivity contribution < 1.29 is 13.2 Å². The van der Waals surface area contributed by atoms with Crippen LogP contribution in [0.3, 0.4) is 0 Å². The Morgan fingerprint density at radius 3 is 2.54 bits per heavy atom. The van der Waals surface area contributed by atoms with Crippen LogP contribution in [0.1, 0.15) is 24.2 Å². The highest BCUT2D eigenvalue weighted by Crippen LogP contribution is 2.27. The van der Waals surface area contributed by atoms with E-state index in [1.165, 1.54) is 10.5 Å². The van der Waals surface area contributed by atoms with Crippen LogP contribution in [0.2, 0.25) is 0 Å². The van der Waals surface area contributed by atoms with Gasteiger partial charge in [0.05, 0.1) is 40.7 Å². The molecule has 1 amide bonds. The Morgan fingerprint density at radius 1 is 1.29 bits per heavy atom. The van der Waals surface area contributed by atoms with Crippen LogP contribution >= 0.6 is 15.9 Å². The standard InChI is InChI=1S/C17H25BrN6O3S/c1-12-16(9-20-22(12)3)28(26,27)24-7-5-6-13(10-24)17(25)21(2)11-15-14(18)8-19-23(15)4/h8-9,13H,5-7,10-11H2,1-4H3. The van der Waals surface area contributed by atoms with Crippen molar-refractivity contribution in [1.82, 2.24) is 28.8 Å². The maximum Gasteiger partial charge on any atom is 0.246 e. The highest BCUT2D eigenvalue weighted by molar-refractivity contribution is 9.10. The van der Waals surface area contributed by atoms with Gasteiger partial charge in [-0.15, -0.1) is 0 Å². The minimum atomic E-state index is -3.67. The summed E-state index contributed by atoms with van der Waals surface area (Å²) in [5.74, 6) is -0.423. The lowest BCUT2D eigenvalue weighted by Crippen LogP contribution is -2.45. The second-order valence-electron chi connectivity index (χ2n) is 7.18. The van der Waals surface area contributed by atoms with Gasteiger partial charge in [-0.2, -0.15) is 14.5 Å². The normalized spacial score (nSPS) is 18.4. The first-order chi connectivity index (χ1) is 13.1. The molecule has 9 nitrogen and oxygen atoms in total. The molecule has 0 radical (unpaired) electrons. The first-order valence-corrected chi connectivity index (χ1v) is 11.3. The zero-order valence-electron chi connectivity index (χ0n) is 16.5. The fourth-order valence-corrected chi connectivity index (χ4v) is 5.64. The molecule has 1 atom stereocenters. The Balaban J connectivity index is 1.74. The zero-order chi connectivity index (χ0) is 20.6. The van der Waals surface area contributed by atoms with Crippen molar-refractivity contribution in [2.45, 2.75) is 31.2 Å². The van der Waals surface area contributed by atoms with Gasteiger partial charge in [0.15, 0.2) is 0 Å². The fraction of sp³-hybridized carbons (Fsp3) is 0.588. The topological polar surface area (TPSA) is 93.3 Å². The molecule has 1 saturated heterocycles. The third-order valence-electron chi connectivity index (χ3n) is 5.32. The van der Waals surface area contributed by atoms with Crippen LogP contribution in [0.4, 0.5) is 0 Å². The van der Waals surface area contributed by atoms with E-state index in [9.17, 15) is 13.2 Å². The Bertz CT molecular complexity index is 964. The Hall–Kier alpha value is -1.72. The molecule has 3 heterocycles. The van der Waals surface area contributed by atoms with Gasteiger partial charge >= 0.3 is 0 Å². The van der Waals surface area contributed by atoms with Crippen LogP contribution in [-0.4, -0.2) is 63.2 Å². The van der Waals surface area contributed by atoms with Gasteiger partial charge in [-0.3, -0.25) is 14.2 Å². The van der Waals surface area contributed by atoms with Crippen molar-refractivity contribution in [2.75, 3.05) is 20.1 Å². The van der Waals surface area contributed by atoms with Gasteiger partial charge in [0.1, 0.15) is 4.90 Å². The molecule has 0 aromatic carbocycles. The van der Waals surface area contributed by atoms with Gasteiger partial charge < -0.3 is 4.90 Å². The molecule has 1 fully saturated rings. The third-order valence-corrected chi connectivity index (χ3v) is 7.95. The number of aryl methyl sites for hydroxylation is 2. The monoisotopic (exact) mass is 472 g/mol. The Labute approximate surface area is 173 Å². The molecule has 11 heteroatoms. The predicted octanol–water partition coefficient (Wildman–Crippen LogP) is 1.28. The number of aromatic nitrogens is 4. The van der Waals surface area contributed by atoms with E-state index < -0.39 is 10.0 Å². The van der Waals surface area contributed by atoms with Crippen molar-refractivity contribution in [3.8, 4) is 0 Å². The molecular formula is C17H25BrN6O3S. The molecule has 1 aliphatic heterocycles. The molecule has 28 heavy (non-hydrogen) atoms. The van der Waals surface area contributed by atoms with Crippen LogP contribution < -0.4 is 0 Å². The summed E-state index contributed by atoms with van der Waals surface area (Å²) in [5.41, 5.74) is 1.48. The molecule has 1 aliphatic rings. The minimum Gasteiger partial charge on any atom is -0.340 e. The lowest BCUT2D eigenvalue weighted by Gasteiger charge is -2.33. The number of hydrogen-bond donors (Lipinski definition) is 0. The molecule has 2 aromatic rings. The van der Waals surface area contributed by atoms with Crippen molar-refractivity contribution in [1.29, 1.82) is 0 Å². The zero-order valence-corrected chi connectivity index (χ0v) is 18.9. The molecule has 1 unspecified atom stereocenters. The number of amides is 1. The minimum absolute atomic E-state index is 0.0593. The predicted molar refractivity (Wildman–Crippen MR) is 107 cm³/mol. The van der Waals surface area contributed by atoms with Crippen LogP contribution in [0.15, 0.2) is 21.8 Å². The number of piperidine rings is 1. The smallest absolute Gasteiger partial charge is 0.246 e. The quantitative estimate of drug-likeness (QED) is 0.653. The fourth-order valence-electron chi connectivity index (χ4n) is 3.46. The van der Waals surface area contributed by atoms with E-state index in [-0.39, 0.29) is 23.3 Å². The van der Waals surface area contributed by atoms with E-state index in [0.717, 1.165) is 10.2 Å². The van der Waals surface area contributed by atoms with E-state index in [2.05, 4.69) is 26.1 Å². The van der Waals surface area contributed by atoms with Crippen molar-refractivity contribution in [3.63, 3.8) is 0 Å². The molecular weight excluding hydrogens is 448 g/mol. The van der Waals surface area contributed by atoms with Crippen molar-refractivity contribution >= 4 is 31.9 Å². The molecule has 154 valence electrons. The van der Waals surface area contributed by atoms with Crippen molar-refractivity contribution in [2.24, 2.45) is 20.0 Å². The summed E-state index contributed by atoms with van der Waals surface area (Å²) in [4.78, 5) is 14.8. The first-order valence-electron chi connectivity index (χ1n) is 9.03. The number of carbonyl (C=O) groups is 1. The lowest BCUT2D eigenvalue weighted by atomic mass is 9.98. The molecule has 0 saturated carbocycles. The summed E-state index contributed by atoms with van der Waals surface area (Å²) in [7, 11) is 1.60. The van der Waals surface area contributed by atoms with Gasteiger partial charge in [-0.05, 0) is 35.7 Å². The Kier molecular flexibility index (Phi) is 5.97. The largest absolute Gasteiger partial charge is 0.340 e. The molecule has 0 bridgehead atoms. The maximum atomic E-state index is 13.0. The van der Waals surface area contributed by atoms with E-state index in [1.54, 1.807) is 41.5 Å². The Morgan fingerprint density at radius 2 is 1.96 bits per heavy atom. The van der Waals surface area contributed by atoms with Gasteiger partial charge in [-0.25, -0.2) is 8.42 Å². The average Bonchev–Trinajstić information content (AvgIpc) is 3.17. The molecule has 3 rings (SSSR count). The van der Waals surface area contributed by atoms with Crippen LogP contribution in [0, 0.1) is 12.8 Å². The van der Waals surface area contributed by atoms with E-state index in [0.29, 0.717) is 31.6 Å². The average molecular weight is 473 g/mol. The summed E-state index contributed by atoms with van der Waals surface area (Å²) >= 11 is 3.44. The summed E-state index contributed by atoms with van der Waals surface area (Å²) in [5, 5.41) is 8.21. The second-order valence-corrected chi connectivity index (χ2v) is 9.94. The number of hydrogen-bond acceptors (Lipinski definition) is 5. The molecule has 2 aromatic heterocycles. The van der Waals surface area contributed by atoms with Gasteiger partial charge in [0, 0.05) is 34.2 Å². The number of rotatable bonds is 5. The SMILES string of the molecule is Cc1c(S(=O)(=O)N2CCCC(C(=O)N(C)Cc3c(Br)cnn3C)C2)cnn1C. The van der Waals surface area contributed by atoms with Gasteiger partial charge in [0.2, 0.25) is 15.9 Å². The molecule has 0 aliphatic carbocycles. The van der Waals surface area contributed by atoms with Gasteiger partial charge in [0.25, 0.3) is 0 Å². The number of halogens is 1. The van der Waals surface area contributed by atoms with Crippen LogP contribution in [0.5, 0.6) is 0 Å². The lowest BCUT2D eigenvalue weighted by molar-refractivity contribution is -0.136. The summed E-state index contributed by atoms with van der Waals surface area (Å²) in [6.07, 6.45) is 4.40. The van der Waals surface area contributed by atoms with Gasteiger partial charge in [-0.1, -0.05) is 0 Å². The summed E-state index contributed by atoms with van der Waals surface area (Å²) in [6.45, 7) is 2.73.